The molecule has 1 amide bonds. The molecule has 22 heavy (non-hydrogen) atoms. The molecule has 1 aliphatic heterocycles. The SMILES string of the molecule is COC(CN)CC(=O)NC1CC(C)N(Cc2ccccc2)C1. The van der Waals surface area contributed by atoms with Gasteiger partial charge in [0.05, 0.1) is 12.5 Å². The zero-order chi connectivity index (χ0) is 15.9. The van der Waals surface area contributed by atoms with E-state index in [1.807, 2.05) is 6.07 Å². The largest absolute Gasteiger partial charge is 0.380 e. The predicted molar refractivity (Wildman–Crippen MR) is 87.3 cm³/mol. The Balaban J connectivity index is 1.81. The van der Waals surface area contributed by atoms with E-state index in [1.54, 1.807) is 7.11 Å². The predicted octanol–water partition coefficient (Wildman–Crippen LogP) is 1.13. The molecule has 3 N–H and O–H groups in total. The Hall–Kier alpha value is -1.43. The van der Waals surface area contributed by atoms with Gasteiger partial charge in [0.1, 0.15) is 0 Å². The van der Waals surface area contributed by atoms with Crippen LogP contribution in [0.15, 0.2) is 30.3 Å². The number of nitrogens with two attached hydrogens (primary N) is 1. The molecule has 3 atom stereocenters. The van der Waals surface area contributed by atoms with Gasteiger partial charge >= 0.3 is 0 Å². The number of ether oxygens (including phenoxy) is 1. The van der Waals surface area contributed by atoms with E-state index in [4.69, 9.17) is 10.5 Å². The van der Waals surface area contributed by atoms with Crippen LogP contribution in [-0.2, 0) is 16.1 Å². The summed E-state index contributed by atoms with van der Waals surface area (Å²) >= 11 is 0. The van der Waals surface area contributed by atoms with Gasteiger partial charge in [0.25, 0.3) is 0 Å². The van der Waals surface area contributed by atoms with Gasteiger partial charge in [-0.15, -0.1) is 0 Å². The van der Waals surface area contributed by atoms with Crippen LogP contribution < -0.4 is 11.1 Å². The second-order valence-corrected chi connectivity index (χ2v) is 6.06. The first-order valence-corrected chi connectivity index (χ1v) is 7.92. The Labute approximate surface area is 132 Å². The summed E-state index contributed by atoms with van der Waals surface area (Å²) < 4.78 is 5.16. The first-order chi connectivity index (χ1) is 10.6. The fourth-order valence-corrected chi connectivity index (χ4v) is 3.00. The number of hydrogen-bond donors (Lipinski definition) is 2. The van der Waals surface area contributed by atoms with Crippen LogP contribution in [0.4, 0.5) is 0 Å². The van der Waals surface area contributed by atoms with Gasteiger partial charge in [-0.05, 0) is 18.9 Å². The minimum Gasteiger partial charge on any atom is -0.380 e. The molecule has 1 saturated heterocycles. The molecule has 1 aromatic carbocycles. The summed E-state index contributed by atoms with van der Waals surface area (Å²) in [5, 5.41) is 3.11. The smallest absolute Gasteiger partial charge is 0.222 e. The molecule has 3 unspecified atom stereocenters. The number of hydrogen-bond acceptors (Lipinski definition) is 4. The highest BCUT2D eigenvalue weighted by Gasteiger charge is 2.30. The van der Waals surface area contributed by atoms with Gasteiger partial charge in [-0.1, -0.05) is 30.3 Å². The fourth-order valence-electron chi connectivity index (χ4n) is 3.00. The van der Waals surface area contributed by atoms with Crippen molar-refractivity contribution >= 4 is 5.91 Å². The summed E-state index contributed by atoms with van der Waals surface area (Å²) in [5.41, 5.74) is 6.87. The molecule has 5 heteroatoms. The zero-order valence-electron chi connectivity index (χ0n) is 13.5. The minimum absolute atomic E-state index is 0.0241. The van der Waals surface area contributed by atoms with Crippen molar-refractivity contribution in [3.8, 4) is 0 Å². The van der Waals surface area contributed by atoms with Crippen LogP contribution in [0.5, 0.6) is 0 Å². The maximum absolute atomic E-state index is 12.0. The lowest BCUT2D eigenvalue weighted by atomic mass is 10.1. The Morgan fingerprint density at radius 2 is 2.18 bits per heavy atom. The van der Waals surface area contributed by atoms with Crippen LogP contribution in [0.25, 0.3) is 0 Å². The van der Waals surface area contributed by atoms with E-state index in [0.717, 1.165) is 19.5 Å². The van der Waals surface area contributed by atoms with Crippen molar-refractivity contribution in [1.29, 1.82) is 0 Å². The van der Waals surface area contributed by atoms with Crippen molar-refractivity contribution in [1.82, 2.24) is 10.2 Å². The van der Waals surface area contributed by atoms with Gasteiger partial charge in [-0.2, -0.15) is 0 Å². The van der Waals surface area contributed by atoms with E-state index in [2.05, 4.69) is 41.4 Å². The molecule has 0 bridgehead atoms. The third-order valence-corrected chi connectivity index (χ3v) is 4.31. The number of benzene rings is 1. The lowest BCUT2D eigenvalue weighted by molar-refractivity contribution is -0.124. The molecular formula is C17H27N3O2. The lowest BCUT2D eigenvalue weighted by Crippen LogP contribution is -2.39. The molecule has 1 fully saturated rings. The van der Waals surface area contributed by atoms with E-state index < -0.39 is 0 Å². The summed E-state index contributed by atoms with van der Waals surface area (Å²) in [5.74, 6) is 0.0241. The van der Waals surface area contributed by atoms with Crippen LogP contribution in [0.3, 0.4) is 0 Å². The van der Waals surface area contributed by atoms with Crippen LogP contribution in [-0.4, -0.2) is 49.2 Å². The van der Waals surface area contributed by atoms with E-state index in [1.165, 1.54) is 5.56 Å². The molecule has 2 rings (SSSR count). The number of nitrogens with zero attached hydrogens (tertiary/aromatic N) is 1. The molecule has 1 aromatic rings. The highest BCUT2D eigenvalue weighted by Crippen LogP contribution is 2.20. The molecule has 0 aliphatic carbocycles. The maximum Gasteiger partial charge on any atom is 0.222 e. The van der Waals surface area contributed by atoms with E-state index >= 15 is 0 Å². The number of rotatable bonds is 7. The van der Waals surface area contributed by atoms with E-state index in [0.29, 0.717) is 19.0 Å². The zero-order valence-corrected chi connectivity index (χ0v) is 13.5. The van der Waals surface area contributed by atoms with E-state index in [9.17, 15) is 4.79 Å². The standard InChI is InChI=1S/C17H27N3O2/c1-13-8-15(19-17(21)9-16(10-18)22-2)12-20(13)11-14-6-4-3-5-7-14/h3-7,13,15-16H,8-12,18H2,1-2H3,(H,19,21). The van der Waals surface area contributed by atoms with Gasteiger partial charge in [0.15, 0.2) is 0 Å². The van der Waals surface area contributed by atoms with Crippen LogP contribution in [0.2, 0.25) is 0 Å². The second kappa shape index (κ2) is 8.27. The quantitative estimate of drug-likeness (QED) is 0.792. The lowest BCUT2D eigenvalue weighted by Gasteiger charge is -2.21. The molecule has 0 radical (unpaired) electrons. The normalized spacial score (nSPS) is 23.4. The second-order valence-electron chi connectivity index (χ2n) is 6.06. The van der Waals surface area contributed by atoms with E-state index in [-0.39, 0.29) is 18.1 Å². The first kappa shape index (κ1) is 16.9. The Morgan fingerprint density at radius 1 is 1.45 bits per heavy atom. The number of carbonyl (C=O) groups excluding carboxylic acids is 1. The van der Waals surface area contributed by atoms with Crippen molar-refractivity contribution in [3.63, 3.8) is 0 Å². The van der Waals surface area contributed by atoms with Gasteiger partial charge < -0.3 is 15.8 Å². The summed E-state index contributed by atoms with van der Waals surface area (Å²) in [4.78, 5) is 14.4. The van der Waals surface area contributed by atoms with Gasteiger partial charge in [0, 0.05) is 38.8 Å². The molecule has 122 valence electrons. The third kappa shape index (κ3) is 4.80. The summed E-state index contributed by atoms with van der Waals surface area (Å²) in [6.45, 7) is 4.40. The number of nitrogens with one attached hydrogen (secondary N) is 1. The Morgan fingerprint density at radius 3 is 2.82 bits per heavy atom. The number of likely N-dealkylation sites (tertiary alicyclic amines) is 1. The minimum atomic E-state index is -0.195. The molecule has 1 aliphatic rings. The third-order valence-electron chi connectivity index (χ3n) is 4.31. The summed E-state index contributed by atoms with van der Waals surface area (Å²) in [7, 11) is 1.59. The van der Waals surface area contributed by atoms with Crippen molar-refractivity contribution in [2.75, 3.05) is 20.2 Å². The first-order valence-electron chi connectivity index (χ1n) is 7.92. The molecule has 5 nitrogen and oxygen atoms in total. The van der Waals surface area contributed by atoms with Crippen molar-refractivity contribution in [2.24, 2.45) is 5.73 Å². The Bertz CT molecular complexity index is 462. The number of amides is 1. The highest BCUT2D eigenvalue weighted by molar-refractivity contribution is 5.76. The Kier molecular flexibility index (Phi) is 6.36. The molecular weight excluding hydrogens is 278 g/mol. The van der Waals surface area contributed by atoms with Crippen molar-refractivity contribution in [2.45, 2.75) is 44.5 Å². The fraction of sp³-hybridized carbons (Fsp3) is 0.588. The molecule has 1 heterocycles. The van der Waals surface area contributed by atoms with Crippen LogP contribution in [0, 0.1) is 0 Å². The average molecular weight is 305 g/mol. The van der Waals surface area contributed by atoms with Gasteiger partial charge in [-0.25, -0.2) is 0 Å². The molecule has 0 aromatic heterocycles. The number of methoxy groups -OCH3 is 1. The monoisotopic (exact) mass is 305 g/mol. The van der Waals surface area contributed by atoms with Gasteiger partial charge in [-0.3, -0.25) is 9.69 Å². The van der Waals surface area contributed by atoms with Crippen LogP contribution >= 0.6 is 0 Å². The van der Waals surface area contributed by atoms with Crippen LogP contribution in [0.1, 0.15) is 25.3 Å². The topological polar surface area (TPSA) is 67.6 Å². The van der Waals surface area contributed by atoms with Gasteiger partial charge in [0.2, 0.25) is 5.91 Å². The summed E-state index contributed by atoms with van der Waals surface area (Å²) in [6, 6.07) is 11.1. The number of carbonyl (C=O) groups is 1. The summed E-state index contributed by atoms with van der Waals surface area (Å²) in [6.07, 6.45) is 1.12. The van der Waals surface area contributed by atoms with Crippen molar-refractivity contribution < 1.29 is 9.53 Å². The molecule has 0 spiro atoms. The maximum atomic E-state index is 12.0. The average Bonchev–Trinajstić information content (AvgIpc) is 2.85. The molecule has 0 saturated carbocycles. The highest BCUT2D eigenvalue weighted by atomic mass is 16.5. The van der Waals surface area contributed by atoms with Crippen molar-refractivity contribution in [3.05, 3.63) is 35.9 Å².